The molecule has 11 nitrogen and oxygen atoms in total. The number of nitrogens with zero attached hydrogens (tertiary/aromatic N) is 5. The molecule has 3 aromatic rings. The van der Waals surface area contributed by atoms with Gasteiger partial charge in [-0.25, -0.2) is 15.0 Å². The Morgan fingerprint density at radius 1 is 1.16 bits per heavy atom. The number of amides is 2. The van der Waals surface area contributed by atoms with Crippen molar-refractivity contribution in [2.75, 3.05) is 32.7 Å². The molecule has 2 N–H and O–H groups in total. The number of fused-ring (bicyclic) bond motifs is 1. The van der Waals surface area contributed by atoms with E-state index in [-0.39, 0.29) is 18.4 Å². The van der Waals surface area contributed by atoms with Gasteiger partial charge in [-0.15, -0.1) is 0 Å². The smallest absolute Gasteiger partial charge is 0.270 e. The van der Waals surface area contributed by atoms with E-state index in [1.54, 1.807) is 12.3 Å². The van der Waals surface area contributed by atoms with Crippen molar-refractivity contribution in [3.8, 4) is 5.75 Å². The van der Waals surface area contributed by atoms with Crippen molar-refractivity contribution in [3.63, 3.8) is 0 Å². The number of hydrogen-bond donors (Lipinski definition) is 2. The molecule has 1 aliphatic carbocycles. The second-order valence-corrected chi connectivity index (χ2v) is 12.4. The van der Waals surface area contributed by atoms with E-state index in [1.165, 1.54) is 30.3 Å². The molecule has 1 saturated heterocycles. The summed E-state index contributed by atoms with van der Waals surface area (Å²) in [5.74, 6) is 2.22. The number of piperidine rings is 1. The molecule has 4 heterocycles. The lowest BCUT2D eigenvalue weighted by molar-refractivity contribution is -0.139. The summed E-state index contributed by atoms with van der Waals surface area (Å²) in [7, 11) is 0. The number of carbonyl (C=O) groups excluding carboxylic acids is 2. The van der Waals surface area contributed by atoms with E-state index < -0.39 is 6.10 Å². The van der Waals surface area contributed by atoms with Gasteiger partial charge in [0.15, 0.2) is 12.2 Å². The number of β-amino-alcohol motifs (C(OH)–C–C–N with tert-alkyl or cyclic N) is 1. The number of aliphatic hydroxyl groups is 1. The summed E-state index contributed by atoms with van der Waals surface area (Å²) in [6, 6.07) is 5.82. The van der Waals surface area contributed by atoms with Crippen LogP contribution in [0.4, 0.5) is 0 Å². The van der Waals surface area contributed by atoms with E-state index in [0.717, 1.165) is 81.7 Å². The minimum atomic E-state index is -0.708. The van der Waals surface area contributed by atoms with Gasteiger partial charge >= 0.3 is 0 Å². The van der Waals surface area contributed by atoms with Crippen LogP contribution in [0.5, 0.6) is 5.75 Å². The van der Waals surface area contributed by atoms with Crippen LogP contribution < -0.4 is 10.1 Å². The van der Waals surface area contributed by atoms with Gasteiger partial charge in [0.05, 0.1) is 12.3 Å². The minimum absolute atomic E-state index is 0.141. The second kappa shape index (κ2) is 13.9. The molecule has 6 rings (SSSR count). The van der Waals surface area contributed by atoms with Gasteiger partial charge in [0.2, 0.25) is 5.91 Å². The lowest BCUT2D eigenvalue weighted by atomic mass is 9.83. The number of oxazole rings is 1. The molecule has 2 aliphatic heterocycles. The average molecular weight is 603 g/mol. The third-order valence-corrected chi connectivity index (χ3v) is 9.37. The Morgan fingerprint density at radius 3 is 2.75 bits per heavy atom. The van der Waals surface area contributed by atoms with E-state index in [1.807, 2.05) is 11.0 Å². The lowest BCUT2D eigenvalue weighted by Crippen LogP contribution is -2.43. The highest BCUT2D eigenvalue weighted by molar-refractivity contribution is 5.92. The maximum absolute atomic E-state index is 12.9. The monoisotopic (exact) mass is 602 g/mol. The molecule has 0 spiro atoms. The fraction of sp³-hybridized carbons (Fsp3) is 0.545. The van der Waals surface area contributed by atoms with E-state index in [2.05, 4.69) is 38.2 Å². The highest BCUT2D eigenvalue weighted by Crippen LogP contribution is 2.31. The SMILES string of the molecule is Cc1c(OCc2cnco2)ccc2c1CCN(C[C@@H](O)CNC(=O)c1cc(CC3CCN(C(=O)C4CCC4)CC3)ncn1)C2. The van der Waals surface area contributed by atoms with Gasteiger partial charge in [-0.05, 0) is 80.2 Å². The average Bonchev–Trinajstić information content (AvgIpc) is 3.53. The highest BCUT2D eigenvalue weighted by Gasteiger charge is 2.32. The normalized spacial score (nSPS) is 18.4. The fourth-order valence-electron chi connectivity index (χ4n) is 6.52. The van der Waals surface area contributed by atoms with Crippen molar-refractivity contribution in [2.45, 2.75) is 71.1 Å². The molecule has 2 aromatic heterocycles. The Kier molecular flexibility index (Phi) is 9.51. The number of benzene rings is 1. The lowest BCUT2D eigenvalue weighted by Gasteiger charge is -2.36. The van der Waals surface area contributed by atoms with Gasteiger partial charge in [-0.3, -0.25) is 14.5 Å². The van der Waals surface area contributed by atoms with Crippen LogP contribution in [-0.4, -0.2) is 80.5 Å². The molecule has 1 saturated carbocycles. The Balaban J connectivity index is 0.938. The summed E-state index contributed by atoms with van der Waals surface area (Å²) in [6.45, 7) is 6.16. The first-order valence-electron chi connectivity index (χ1n) is 15.8. The quantitative estimate of drug-likeness (QED) is 0.340. The molecule has 1 atom stereocenters. The number of likely N-dealkylation sites (tertiary alicyclic amines) is 1. The van der Waals surface area contributed by atoms with Gasteiger partial charge in [-0.2, -0.15) is 0 Å². The minimum Gasteiger partial charge on any atom is -0.485 e. The standard InChI is InChI=1S/C33H42N6O5/c1-22-29-9-10-38(17-25(29)5-6-31(22)43-19-28-16-34-21-44-28)18-27(40)15-35-32(41)30-14-26(36-20-37-30)13-23-7-11-39(12-8-23)33(42)24-3-2-4-24/h5-6,14,16,20-21,23-24,27,40H,2-4,7-13,15,17-19H2,1H3,(H,35,41)/t27-/m0/s1. The van der Waals surface area contributed by atoms with Crippen LogP contribution in [0.15, 0.2) is 41.5 Å². The van der Waals surface area contributed by atoms with Crippen LogP contribution in [0.25, 0.3) is 0 Å². The molecule has 11 heteroatoms. The maximum Gasteiger partial charge on any atom is 0.270 e. The largest absolute Gasteiger partial charge is 0.485 e. The van der Waals surface area contributed by atoms with Gasteiger partial charge in [-0.1, -0.05) is 12.5 Å². The molecular formula is C33H42N6O5. The summed E-state index contributed by atoms with van der Waals surface area (Å²) in [4.78, 5) is 42.2. The predicted octanol–water partition coefficient (Wildman–Crippen LogP) is 3.08. The molecule has 2 amide bonds. The third kappa shape index (κ3) is 7.27. The van der Waals surface area contributed by atoms with Crippen LogP contribution in [0.3, 0.4) is 0 Å². The Hall–Kier alpha value is -3.83. The summed E-state index contributed by atoms with van der Waals surface area (Å²) >= 11 is 0. The molecule has 44 heavy (non-hydrogen) atoms. The molecular weight excluding hydrogens is 560 g/mol. The summed E-state index contributed by atoms with van der Waals surface area (Å²) in [5.41, 5.74) is 4.78. The first-order chi connectivity index (χ1) is 21.4. The first-order valence-corrected chi connectivity index (χ1v) is 15.8. The molecule has 3 aliphatic rings. The van der Waals surface area contributed by atoms with Crippen LogP contribution in [0.2, 0.25) is 0 Å². The summed E-state index contributed by atoms with van der Waals surface area (Å²) in [6.07, 6.45) is 10.6. The van der Waals surface area contributed by atoms with E-state index in [4.69, 9.17) is 9.15 Å². The fourth-order valence-corrected chi connectivity index (χ4v) is 6.52. The number of rotatable bonds is 11. The second-order valence-electron chi connectivity index (χ2n) is 12.4. The number of ether oxygens (including phenoxy) is 1. The number of hydrogen-bond acceptors (Lipinski definition) is 9. The van der Waals surface area contributed by atoms with Crippen molar-refractivity contribution >= 4 is 11.8 Å². The van der Waals surface area contributed by atoms with Gasteiger partial charge in [0.1, 0.15) is 24.4 Å². The van der Waals surface area contributed by atoms with Crippen molar-refractivity contribution in [2.24, 2.45) is 11.8 Å². The number of aliphatic hydroxyl groups excluding tert-OH is 1. The molecule has 1 aromatic carbocycles. The summed E-state index contributed by atoms with van der Waals surface area (Å²) in [5, 5.41) is 13.6. The Morgan fingerprint density at radius 2 is 2.00 bits per heavy atom. The van der Waals surface area contributed by atoms with E-state index in [9.17, 15) is 14.7 Å². The van der Waals surface area contributed by atoms with Crippen molar-refractivity contribution in [1.82, 2.24) is 30.1 Å². The zero-order valence-corrected chi connectivity index (χ0v) is 25.4. The van der Waals surface area contributed by atoms with Crippen LogP contribution in [-0.2, 0) is 30.8 Å². The zero-order valence-electron chi connectivity index (χ0n) is 25.4. The molecule has 0 radical (unpaired) electrons. The summed E-state index contributed by atoms with van der Waals surface area (Å²) < 4.78 is 11.2. The molecule has 2 fully saturated rings. The number of aromatic nitrogens is 3. The van der Waals surface area contributed by atoms with Crippen LogP contribution >= 0.6 is 0 Å². The zero-order chi connectivity index (χ0) is 30.5. The van der Waals surface area contributed by atoms with Crippen LogP contribution in [0.1, 0.15) is 70.7 Å². The number of carbonyl (C=O) groups is 2. The van der Waals surface area contributed by atoms with Crippen molar-refractivity contribution in [1.29, 1.82) is 0 Å². The first kappa shape index (κ1) is 30.2. The van der Waals surface area contributed by atoms with Crippen LogP contribution in [0, 0.1) is 18.8 Å². The topological polar surface area (TPSA) is 134 Å². The van der Waals surface area contributed by atoms with Crippen molar-refractivity contribution in [3.05, 3.63) is 71.0 Å². The van der Waals surface area contributed by atoms with Gasteiger partial charge in [0, 0.05) is 50.9 Å². The highest BCUT2D eigenvalue weighted by atomic mass is 16.5. The van der Waals surface area contributed by atoms with E-state index in [0.29, 0.717) is 36.4 Å². The maximum atomic E-state index is 12.9. The molecule has 0 bridgehead atoms. The van der Waals surface area contributed by atoms with E-state index >= 15 is 0 Å². The predicted molar refractivity (Wildman–Crippen MR) is 162 cm³/mol. The van der Waals surface area contributed by atoms with Crippen molar-refractivity contribution < 1.29 is 23.8 Å². The Labute approximate surface area is 258 Å². The number of nitrogens with one attached hydrogen (secondary N) is 1. The third-order valence-electron chi connectivity index (χ3n) is 9.37. The van der Waals surface area contributed by atoms with Gasteiger partial charge < -0.3 is 24.5 Å². The Bertz CT molecular complexity index is 1430. The molecule has 0 unspecified atom stereocenters. The molecule has 234 valence electrons. The van der Waals surface area contributed by atoms with Gasteiger partial charge in [0.25, 0.3) is 5.91 Å².